The van der Waals surface area contributed by atoms with Crippen LogP contribution in [0.5, 0.6) is 0 Å². The molecule has 0 aromatic heterocycles. The SMILES string of the molecule is CCC(C)C[N+](CCOC)(CCOC)Cc1ccccc1. The number of benzene rings is 1. The third-order valence-electron chi connectivity index (χ3n) is 4.30. The van der Waals surface area contributed by atoms with Crippen molar-refractivity contribution in [2.45, 2.75) is 26.8 Å². The average Bonchev–Trinajstić information content (AvgIpc) is 2.51. The van der Waals surface area contributed by atoms with Gasteiger partial charge in [-0.15, -0.1) is 0 Å². The van der Waals surface area contributed by atoms with Crippen molar-refractivity contribution in [3.05, 3.63) is 35.9 Å². The Bertz CT molecular complexity index is 359. The molecule has 0 aliphatic rings. The van der Waals surface area contributed by atoms with Gasteiger partial charge in [0.15, 0.2) is 0 Å². The molecule has 120 valence electrons. The maximum atomic E-state index is 5.37. The molecule has 0 N–H and O–H groups in total. The van der Waals surface area contributed by atoms with Gasteiger partial charge in [0.2, 0.25) is 0 Å². The van der Waals surface area contributed by atoms with Crippen LogP contribution in [0.3, 0.4) is 0 Å². The van der Waals surface area contributed by atoms with Gasteiger partial charge >= 0.3 is 0 Å². The van der Waals surface area contributed by atoms with Crippen molar-refractivity contribution in [3.63, 3.8) is 0 Å². The summed E-state index contributed by atoms with van der Waals surface area (Å²) in [6, 6.07) is 10.8. The monoisotopic (exact) mass is 294 g/mol. The Balaban J connectivity index is 2.90. The molecule has 1 unspecified atom stereocenters. The second kappa shape index (κ2) is 9.93. The summed E-state index contributed by atoms with van der Waals surface area (Å²) in [5.41, 5.74) is 1.40. The van der Waals surface area contributed by atoms with Gasteiger partial charge in [-0.3, -0.25) is 0 Å². The first-order valence-corrected chi connectivity index (χ1v) is 8.02. The fourth-order valence-corrected chi connectivity index (χ4v) is 2.85. The van der Waals surface area contributed by atoms with Gasteiger partial charge in [0.05, 0.1) is 19.8 Å². The summed E-state index contributed by atoms with van der Waals surface area (Å²) in [4.78, 5) is 0. The Morgan fingerprint density at radius 3 is 2.05 bits per heavy atom. The Morgan fingerprint density at radius 1 is 1.00 bits per heavy atom. The first-order chi connectivity index (χ1) is 10.2. The number of hydrogen-bond donors (Lipinski definition) is 0. The predicted molar refractivity (Wildman–Crippen MR) is 88.2 cm³/mol. The molecule has 1 rings (SSSR count). The van der Waals surface area contributed by atoms with Crippen LogP contribution >= 0.6 is 0 Å². The lowest BCUT2D eigenvalue weighted by Crippen LogP contribution is -2.53. The van der Waals surface area contributed by atoms with Crippen LogP contribution in [0.4, 0.5) is 0 Å². The molecule has 3 nitrogen and oxygen atoms in total. The molecule has 0 aliphatic carbocycles. The molecule has 21 heavy (non-hydrogen) atoms. The van der Waals surface area contributed by atoms with Crippen LogP contribution in [0.15, 0.2) is 30.3 Å². The summed E-state index contributed by atoms with van der Waals surface area (Å²) in [7, 11) is 3.58. The Kier molecular flexibility index (Phi) is 8.58. The third-order valence-corrected chi connectivity index (χ3v) is 4.30. The van der Waals surface area contributed by atoms with Crippen molar-refractivity contribution in [2.75, 3.05) is 47.1 Å². The summed E-state index contributed by atoms with van der Waals surface area (Å²) < 4.78 is 11.8. The van der Waals surface area contributed by atoms with Crippen LogP contribution in [-0.4, -0.2) is 51.6 Å². The van der Waals surface area contributed by atoms with Gasteiger partial charge in [-0.2, -0.15) is 0 Å². The van der Waals surface area contributed by atoms with Crippen molar-refractivity contribution in [3.8, 4) is 0 Å². The van der Waals surface area contributed by atoms with E-state index in [1.807, 2.05) is 0 Å². The van der Waals surface area contributed by atoms with Gasteiger partial charge in [0, 0.05) is 25.7 Å². The fourth-order valence-electron chi connectivity index (χ4n) is 2.85. The van der Waals surface area contributed by atoms with Crippen molar-refractivity contribution in [1.29, 1.82) is 0 Å². The Morgan fingerprint density at radius 2 is 1.57 bits per heavy atom. The van der Waals surface area contributed by atoms with Gasteiger partial charge < -0.3 is 14.0 Å². The number of methoxy groups -OCH3 is 2. The first-order valence-electron chi connectivity index (χ1n) is 8.02. The molecule has 1 aromatic carbocycles. The normalized spacial score (nSPS) is 13.3. The van der Waals surface area contributed by atoms with E-state index >= 15 is 0 Å². The highest BCUT2D eigenvalue weighted by Gasteiger charge is 2.29. The number of ether oxygens (including phenoxy) is 2. The fraction of sp³-hybridized carbons (Fsp3) is 0.667. The third kappa shape index (κ3) is 6.60. The first kappa shape index (κ1) is 18.1. The molecule has 0 aliphatic heterocycles. The number of hydrogen-bond acceptors (Lipinski definition) is 2. The van der Waals surface area contributed by atoms with E-state index in [2.05, 4.69) is 44.2 Å². The molecule has 3 heteroatoms. The standard InChI is InChI=1S/C18H32NO2/c1-5-17(2)15-19(11-13-20-3,12-14-21-4)16-18-9-7-6-8-10-18/h6-10,17H,5,11-16H2,1-4H3/q+1. The number of rotatable bonds is 11. The second-order valence-corrected chi connectivity index (χ2v) is 6.11. The van der Waals surface area contributed by atoms with E-state index < -0.39 is 0 Å². The number of quaternary nitrogens is 1. The molecule has 0 amide bonds. The van der Waals surface area contributed by atoms with E-state index in [1.165, 1.54) is 18.5 Å². The van der Waals surface area contributed by atoms with Crippen molar-refractivity contribution >= 4 is 0 Å². The van der Waals surface area contributed by atoms with Crippen LogP contribution in [0.2, 0.25) is 0 Å². The largest absolute Gasteiger partial charge is 0.379 e. The van der Waals surface area contributed by atoms with Crippen LogP contribution < -0.4 is 0 Å². The molecule has 0 fully saturated rings. The van der Waals surface area contributed by atoms with Crippen molar-refractivity contribution in [2.24, 2.45) is 5.92 Å². The van der Waals surface area contributed by atoms with Gasteiger partial charge in [-0.1, -0.05) is 44.2 Å². The van der Waals surface area contributed by atoms with Gasteiger partial charge in [-0.05, 0) is 6.42 Å². The van der Waals surface area contributed by atoms with Gasteiger partial charge in [0.1, 0.15) is 19.6 Å². The number of nitrogens with zero attached hydrogens (tertiary/aromatic N) is 1. The highest BCUT2D eigenvalue weighted by molar-refractivity contribution is 5.13. The van der Waals surface area contributed by atoms with Crippen LogP contribution in [-0.2, 0) is 16.0 Å². The zero-order valence-corrected chi connectivity index (χ0v) is 14.2. The predicted octanol–water partition coefficient (Wildman–Crippen LogP) is 3.34. The quantitative estimate of drug-likeness (QED) is 0.583. The Labute approximate surface area is 130 Å². The molecule has 0 saturated heterocycles. The minimum absolute atomic E-state index is 0.711. The van der Waals surface area contributed by atoms with E-state index in [1.54, 1.807) is 14.2 Å². The average molecular weight is 294 g/mol. The Hall–Kier alpha value is -0.900. The van der Waals surface area contributed by atoms with E-state index in [0.717, 1.165) is 37.3 Å². The summed E-state index contributed by atoms with van der Waals surface area (Å²) in [5.74, 6) is 0.711. The lowest BCUT2D eigenvalue weighted by Gasteiger charge is -2.40. The van der Waals surface area contributed by atoms with E-state index in [9.17, 15) is 0 Å². The van der Waals surface area contributed by atoms with Crippen molar-refractivity contribution in [1.82, 2.24) is 0 Å². The van der Waals surface area contributed by atoms with Gasteiger partial charge in [0.25, 0.3) is 0 Å². The van der Waals surface area contributed by atoms with Gasteiger partial charge in [-0.25, -0.2) is 0 Å². The lowest BCUT2D eigenvalue weighted by molar-refractivity contribution is -0.944. The van der Waals surface area contributed by atoms with E-state index in [4.69, 9.17) is 9.47 Å². The zero-order valence-electron chi connectivity index (χ0n) is 14.2. The lowest BCUT2D eigenvalue weighted by atomic mass is 10.0. The van der Waals surface area contributed by atoms with Crippen LogP contribution in [0.1, 0.15) is 25.8 Å². The smallest absolute Gasteiger partial charge is 0.104 e. The molecular formula is C18H32NO2+. The molecule has 0 bridgehead atoms. The minimum atomic E-state index is 0.711. The second-order valence-electron chi connectivity index (χ2n) is 6.11. The highest BCUT2D eigenvalue weighted by atomic mass is 16.5. The van der Waals surface area contributed by atoms with E-state index in [-0.39, 0.29) is 0 Å². The summed E-state index contributed by atoms with van der Waals surface area (Å²) in [5, 5.41) is 0. The molecule has 0 heterocycles. The molecular weight excluding hydrogens is 262 g/mol. The minimum Gasteiger partial charge on any atom is -0.379 e. The topological polar surface area (TPSA) is 18.5 Å². The molecule has 1 aromatic rings. The summed E-state index contributed by atoms with van der Waals surface area (Å²) in [6.45, 7) is 10.5. The maximum absolute atomic E-state index is 5.37. The van der Waals surface area contributed by atoms with E-state index in [0.29, 0.717) is 5.92 Å². The van der Waals surface area contributed by atoms with Crippen LogP contribution in [0, 0.1) is 5.92 Å². The molecule has 0 saturated carbocycles. The molecule has 1 atom stereocenters. The summed E-state index contributed by atoms with van der Waals surface area (Å²) in [6.07, 6.45) is 1.22. The molecule has 0 radical (unpaired) electrons. The maximum Gasteiger partial charge on any atom is 0.104 e. The highest BCUT2D eigenvalue weighted by Crippen LogP contribution is 2.19. The molecule has 0 spiro atoms. The van der Waals surface area contributed by atoms with Crippen LogP contribution in [0.25, 0.3) is 0 Å². The zero-order chi connectivity index (χ0) is 15.6. The summed E-state index contributed by atoms with van der Waals surface area (Å²) >= 11 is 0. The van der Waals surface area contributed by atoms with Crippen molar-refractivity contribution < 1.29 is 14.0 Å².